The molecule has 8 nitrogen and oxygen atoms in total. The third-order valence-corrected chi connectivity index (χ3v) is 5.56. The van der Waals surface area contributed by atoms with E-state index in [9.17, 15) is 14.4 Å². The van der Waals surface area contributed by atoms with Crippen LogP contribution >= 0.6 is 0 Å². The quantitative estimate of drug-likeness (QED) is 0.710. The van der Waals surface area contributed by atoms with Crippen LogP contribution < -0.4 is 11.2 Å². The van der Waals surface area contributed by atoms with E-state index in [0.717, 1.165) is 25.1 Å². The molecule has 0 radical (unpaired) electrons. The maximum Gasteiger partial charge on any atom is 0.329 e. The van der Waals surface area contributed by atoms with Gasteiger partial charge in [0.15, 0.2) is 0 Å². The van der Waals surface area contributed by atoms with Crippen LogP contribution in [-0.4, -0.2) is 56.9 Å². The third-order valence-electron chi connectivity index (χ3n) is 5.56. The van der Waals surface area contributed by atoms with Crippen molar-refractivity contribution in [2.45, 2.75) is 25.9 Å². The number of rotatable bonds is 4. The summed E-state index contributed by atoms with van der Waals surface area (Å²) in [5.74, 6) is -0.168. The zero-order valence-corrected chi connectivity index (χ0v) is 17.2. The van der Waals surface area contributed by atoms with Crippen molar-refractivity contribution in [2.24, 2.45) is 0 Å². The minimum atomic E-state index is -0.525. The first-order chi connectivity index (χ1) is 14.5. The molecule has 3 aromatic rings. The largest absolute Gasteiger partial charge is 0.329 e. The van der Waals surface area contributed by atoms with Crippen molar-refractivity contribution in [3.63, 3.8) is 0 Å². The first-order valence-electron chi connectivity index (χ1n) is 10.2. The average molecular weight is 407 g/mol. The Morgan fingerprint density at radius 2 is 1.97 bits per heavy atom. The van der Waals surface area contributed by atoms with E-state index in [4.69, 9.17) is 0 Å². The molecule has 1 unspecified atom stereocenters. The van der Waals surface area contributed by atoms with Gasteiger partial charge in [0.1, 0.15) is 5.65 Å². The number of carbonyl (C=O) groups excluding carboxylic acids is 1. The Kier molecular flexibility index (Phi) is 5.50. The summed E-state index contributed by atoms with van der Waals surface area (Å²) in [6.45, 7) is 4.47. The number of H-pyrrole nitrogens is 1. The number of aryl methyl sites for hydroxylation is 1. The van der Waals surface area contributed by atoms with Gasteiger partial charge in [-0.2, -0.15) is 0 Å². The van der Waals surface area contributed by atoms with E-state index in [-0.39, 0.29) is 17.3 Å². The molecule has 1 fully saturated rings. The molecule has 4 rings (SSSR count). The van der Waals surface area contributed by atoms with Crippen LogP contribution in [-0.2, 0) is 6.54 Å². The van der Waals surface area contributed by atoms with E-state index in [1.165, 1.54) is 10.8 Å². The first kappa shape index (κ1) is 20.0. The summed E-state index contributed by atoms with van der Waals surface area (Å²) < 4.78 is 1.44. The molecule has 1 aromatic carbocycles. The third kappa shape index (κ3) is 3.66. The summed E-state index contributed by atoms with van der Waals surface area (Å²) in [7, 11) is 2.04. The van der Waals surface area contributed by atoms with Gasteiger partial charge >= 0.3 is 5.69 Å². The monoisotopic (exact) mass is 407 g/mol. The number of nitrogens with zero attached hydrogens (tertiary/aromatic N) is 4. The Morgan fingerprint density at radius 3 is 2.70 bits per heavy atom. The number of aromatic nitrogens is 3. The minimum Gasteiger partial charge on any atom is -0.329 e. The maximum atomic E-state index is 13.4. The lowest BCUT2D eigenvalue weighted by Gasteiger charge is -2.40. The van der Waals surface area contributed by atoms with Gasteiger partial charge in [0.25, 0.3) is 11.5 Å². The second-order valence-corrected chi connectivity index (χ2v) is 7.69. The summed E-state index contributed by atoms with van der Waals surface area (Å²) in [6.07, 6.45) is 2.19. The maximum absolute atomic E-state index is 13.4. The summed E-state index contributed by atoms with van der Waals surface area (Å²) in [5.41, 5.74) is 0.715. The van der Waals surface area contributed by atoms with Gasteiger partial charge in [0.2, 0.25) is 0 Å². The summed E-state index contributed by atoms with van der Waals surface area (Å²) in [5, 5.41) is 0.249. The number of pyridine rings is 1. The summed E-state index contributed by atoms with van der Waals surface area (Å²) >= 11 is 0. The standard InChI is InChI=1S/C22H25N5O3/c1-3-9-27-19-17(20(28)24-22(27)30)12-16(13-23-19)21(29)26-11-10-25(2)14-18(26)15-7-5-4-6-8-15/h4-8,12-13,18H,3,9-11,14H2,1-2H3,(H,24,28,30). The topological polar surface area (TPSA) is 91.3 Å². The fourth-order valence-corrected chi connectivity index (χ4v) is 4.00. The molecule has 0 spiro atoms. The molecule has 1 N–H and O–H groups in total. The molecule has 3 heterocycles. The number of carbonyl (C=O) groups is 1. The Morgan fingerprint density at radius 1 is 1.20 bits per heavy atom. The number of aromatic amines is 1. The molecule has 1 saturated heterocycles. The summed E-state index contributed by atoms with van der Waals surface area (Å²) in [4.78, 5) is 48.6. The SMILES string of the molecule is CCCn1c(=O)[nH]c(=O)c2cc(C(=O)N3CCN(C)CC3c3ccccc3)cnc21. The van der Waals surface area contributed by atoms with Gasteiger partial charge in [-0.1, -0.05) is 37.3 Å². The Bertz CT molecular complexity index is 1180. The second-order valence-electron chi connectivity index (χ2n) is 7.69. The second kappa shape index (κ2) is 8.23. The van der Waals surface area contributed by atoms with Crippen molar-refractivity contribution in [1.82, 2.24) is 24.3 Å². The van der Waals surface area contributed by atoms with Crippen LogP contribution in [0.15, 0.2) is 52.2 Å². The number of fused-ring (bicyclic) bond motifs is 1. The average Bonchev–Trinajstić information content (AvgIpc) is 2.76. The van der Waals surface area contributed by atoms with Crippen molar-refractivity contribution in [1.29, 1.82) is 0 Å². The molecule has 1 aliphatic heterocycles. The zero-order valence-electron chi connectivity index (χ0n) is 17.2. The van der Waals surface area contributed by atoms with Crippen LogP contribution in [0.5, 0.6) is 0 Å². The lowest BCUT2D eigenvalue weighted by molar-refractivity contribution is 0.0498. The normalized spacial score (nSPS) is 17.4. The number of piperazine rings is 1. The molecule has 1 aliphatic rings. The molecular formula is C22H25N5O3. The number of hydrogen-bond donors (Lipinski definition) is 1. The molecule has 8 heteroatoms. The number of hydrogen-bond acceptors (Lipinski definition) is 5. The van der Waals surface area contributed by atoms with Gasteiger partial charge in [0.05, 0.1) is 17.0 Å². The van der Waals surface area contributed by atoms with Gasteiger partial charge in [-0.3, -0.25) is 19.1 Å². The fraction of sp³-hybridized carbons (Fsp3) is 0.364. The highest BCUT2D eigenvalue weighted by Crippen LogP contribution is 2.26. The van der Waals surface area contributed by atoms with Gasteiger partial charge in [0, 0.05) is 32.4 Å². The number of amides is 1. The van der Waals surface area contributed by atoms with Crippen LogP contribution in [0.25, 0.3) is 11.0 Å². The summed E-state index contributed by atoms with van der Waals surface area (Å²) in [6, 6.07) is 11.4. The van der Waals surface area contributed by atoms with Crippen LogP contribution in [0.3, 0.4) is 0 Å². The van der Waals surface area contributed by atoms with E-state index in [1.54, 1.807) is 6.07 Å². The van der Waals surface area contributed by atoms with Crippen LogP contribution in [0.1, 0.15) is 35.3 Å². The molecule has 1 amide bonds. The first-order valence-corrected chi connectivity index (χ1v) is 10.2. The molecule has 156 valence electrons. The van der Waals surface area contributed by atoms with Gasteiger partial charge in [-0.05, 0) is 25.1 Å². The zero-order chi connectivity index (χ0) is 21.3. The lowest BCUT2D eigenvalue weighted by atomic mass is 10.0. The van der Waals surface area contributed by atoms with E-state index < -0.39 is 11.2 Å². The lowest BCUT2D eigenvalue weighted by Crippen LogP contribution is -2.49. The molecule has 0 aliphatic carbocycles. The number of likely N-dealkylation sites (N-methyl/N-ethyl adjacent to an activating group) is 1. The van der Waals surface area contributed by atoms with Crippen LogP contribution in [0.2, 0.25) is 0 Å². The number of nitrogens with one attached hydrogen (secondary N) is 1. The molecule has 2 aromatic heterocycles. The van der Waals surface area contributed by atoms with Crippen molar-refractivity contribution >= 4 is 16.9 Å². The van der Waals surface area contributed by atoms with Crippen molar-refractivity contribution in [2.75, 3.05) is 26.7 Å². The van der Waals surface area contributed by atoms with Crippen molar-refractivity contribution in [3.05, 3.63) is 74.6 Å². The molecule has 1 atom stereocenters. The molecule has 0 saturated carbocycles. The van der Waals surface area contributed by atoms with Crippen LogP contribution in [0.4, 0.5) is 0 Å². The highest BCUT2D eigenvalue weighted by atomic mass is 16.2. The Hall–Kier alpha value is -3.26. The van der Waals surface area contributed by atoms with Gasteiger partial charge in [-0.25, -0.2) is 9.78 Å². The van der Waals surface area contributed by atoms with Gasteiger partial charge < -0.3 is 9.80 Å². The van der Waals surface area contributed by atoms with Crippen LogP contribution in [0, 0.1) is 0 Å². The van der Waals surface area contributed by atoms with E-state index in [1.807, 2.05) is 49.2 Å². The molecule has 0 bridgehead atoms. The highest BCUT2D eigenvalue weighted by molar-refractivity contribution is 5.97. The van der Waals surface area contributed by atoms with Gasteiger partial charge in [-0.15, -0.1) is 0 Å². The van der Waals surface area contributed by atoms with E-state index in [0.29, 0.717) is 24.3 Å². The highest BCUT2D eigenvalue weighted by Gasteiger charge is 2.31. The van der Waals surface area contributed by atoms with Crippen molar-refractivity contribution < 1.29 is 4.79 Å². The molecular weight excluding hydrogens is 382 g/mol. The number of benzene rings is 1. The van der Waals surface area contributed by atoms with E-state index >= 15 is 0 Å². The molecule has 30 heavy (non-hydrogen) atoms. The Balaban J connectivity index is 1.75. The fourth-order valence-electron chi connectivity index (χ4n) is 4.00. The van der Waals surface area contributed by atoms with Crippen molar-refractivity contribution in [3.8, 4) is 0 Å². The predicted molar refractivity (Wildman–Crippen MR) is 115 cm³/mol. The smallest absolute Gasteiger partial charge is 0.329 e. The van der Waals surface area contributed by atoms with E-state index in [2.05, 4.69) is 14.9 Å². The predicted octanol–water partition coefficient (Wildman–Crippen LogP) is 1.62. The Labute approximate surface area is 173 Å². The minimum absolute atomic E-state index is 0.0829.